The Hall–Kier alpha value is -1.38. The van der Waals surface area contributed by atoms with Crippen LogP contribution in [-0.2, 0) is 11.3 Å². The molecule has 0 aliphatic carbocycles. The summed E-state index contributed by atoms with van der Waals surface area (Å²) in [5, 5.41) is 6.69. The third-order valence-electron chi connectivity index (χ3n) is 3.87. The van der Waals surface area contributed by atoms with Gasteiger partial charge in [-0.2, -0.15) is 0 Å². The standard InChI is InChI=1S/C17H27N5O.HI/c1-4-16(23)22-10-9-15(12-22)21-17(18-5-2)19-11-14-8-6-7-13(3)20-14;/h6-8,15H,4-5,9-12H2,1-3H3,(H2,18,19,21);1H. The van der Waals surface area contributed by atoms with E-state index in [1.165, 1.54) is 0 Å². The molecule has 7 heteroatoms. The number of pyridine rings is 1. The van der Waals surface area contributed by atoms with Gasteiger partial charge in [0.05, 0.1) is 12.2 Å². The second-order valence-corrected chi connectivity index (χ2v) is 5.79. The van der Waals surface area contributed by atoms with Crippen molar-refractivity contribution in [3.63, 3.8) is 0 Å². The van der Waals surface area contributed by atoms with Gasteiger partial charge in [-0.05, 0) is 32.4 Å². The number of aromatic nitrogens is 1. The lowest BCUT2D eigenvalue weighted by Crippen LogP contribution is -2.45. The first-order valence-corrected chi connectivity index (χ1v) is 8.37. The fourth-order valence-electron chi connectivity index (χ4n) is 2.69. The molecule has 0 radical (unpaired) electrons. The molecule has 1 aromatic heterocycles. The Morgan fingerprint density at radius 3 is 2.88 bits per heavy atom. The number of guanidine groups is 1. The monoisotopic (exact) mass is 445 g/mol. The van der Waals surface area contributed by atoms with Gasteiger partial charge in [-0.3, -0.25) is 9.78 Å². The number of carbonyl (C=O) groups is 1. The van der Waals surface area contributed by atoms with Crippen LogP contribution >= 0.6 is 24.0 Å². The SMILES string of the molecule is CCNC(=NCc1cccc(C)n1)NC1CCN(C(=O)CC)C1.I. The van der Waals surface area contributed by atoms with Gasteiger partial charge in [0.1, 0.15) is 0 Å². The molecule has 6 nitrogen and oxygen atoms in total. The number of hydrogen-bond acceptors (Lipinski definition) is 3. The summed E-state index contributed by atoms with van der Waals surface area (Å²) in [6.07, 6.45) is 1.53. The quantitative estimate of drug-likeness (QED) is 0.414. The summed E-state index contributed by atoms with van der Waals surface area (Å²) in [7, 11) is 0. The molecule has 0 aromatic carbocycles. The van der Waals surface area contributed by atoms with E-state index in [1.807, 2.05) is 43.9 Å². The van der Waals surface area contributed by atoms with Gasteiger partial charge in [0.25, 0.3) is 0 Å². The molecule has 24 heavy (non-hydrogen) atoms. The van der Waals surface area contributed by atoms with Gasteiger partial charge in [0.2, 0.25) is 5.91 Å². The van der Waals surface area contributed by atoms with Crippen LogP contribution in [0.3, 0.4) is 0 Å². The number of carbonyl (C=O) groups excluding carboxylic acids is 1. The van der Waals surface area contributed by atoms with Crippen molar-refractivity contribution in [2.45, 2.75) is 46.2 Å². The summed E-state index contributed by atoms with van der Waals surface area (Å²) in [4.78, 5) is 22.8. The second-order valence-electron chi connectivity index (χ2n) is 5.79. The maximum absolute atomic E-state index is 11.8. The van der Waals surface area contributed by atoms with E-state index >= 15 is 0 Å². The van der Waals surface area contributed by atoms with Crippen molar-refractivity contribution < 1.29 is 4.79 Å². The lowest BCUT2D eigenvalue weighted by molar-refractivity contribution is -0.129. The van der Waals surface area contributed by atoms with E-state index in [0.29, 0.717) is 13.0 Å². The van der Waals surface area contributed by atoms with Crippen molar-refractivity contribution in [2.75, 3.05) is 19.6 Å². The topological polar surface area (TPSA) is 69.6 Å². The van der Waals surface area contributed by atoms with Gasteiger partial charge in [-0.1, -0.05) is 13.0 Å². The Balaban J connectivity index is 0.00000288. The number of hydrogen-bond donors (Lipinski definition) is 2. The molecule has 0 bridgehead atoms. The van der Waals surface area contributed by atoms with Crippen LogP contribution in [-0.4, -0.2) is 47.4 Å². The van der Waals surface area contributed by atoms with Gasteiger partial charge in [0.15, 0.2) is 5.96 Å². The number of halogens is 1. The predicted molar refractivity (Wildman–Crippen MR) is 108 cm³/mol. The molecule has 2 heterocycles. The molecular weight excluding hydrogens is 417 g/mol. The van der Waals surface area contributed by atoms with Crippen molar-refractivity contribution in [1.82, 2.24) is 20.5 Å². The fourth-order valence-corrected chi connectivity index (χ4v) is 2.69. The van der Waals surface area contributed by atoms with Gasteiger partial charge >= 0.3 is 0 Å². The van der Waals surface area contributed by atoms with E-state index in [-0.39, 0.29) is 35.9 Å². The molecule has 1 unspecified atom stereocenters. The average Bonchev–Trinajstić information content (AvgIpc) is 3.01. The summed E-state index contributed by atoms with van der Waals surface area (Å²) in [5.41, 5.74) is 1.96. The largest absolute Gasteiger partial charge is 0.357 e. The molecule has 0 spiro atoms. The van der Waals surface area contributed by atoms with Crippen LogP contribution in [0.5, 0.6) is 0 Å². The van der Waals surface area contributed by atoms with E-state index in [4.69, 9.17) is 0 Å². The molecule has 0 saturated carbocycles. The van der Waals surface area contributed by atoms with E-state index in [9.17, 15) is 4.79 Å². The Bertz CT molecular complexity index is 564. The Labute approximate surface area is 161 Å². The van der Waals surface area contributed by atoms with Crippen LogP contribution in [0.1, 0.15) is 38.1 Å². The molecule has 134 valence electrons. The molecule has 1 saturated heterocycles. The molecule has 2 N–H and O–H groups in total. The molecule has 1 amide bonds. The number of likely N-dealkylation sites (tertiary alicyclic amines) is 1. The zero-order valence-corrected chi connectivity index (χ0v) is 17.0. The summed E-state index contributed by atoms with van der Waals surface area (Å²) < 4.78 is 0. The first-order valence-electron chi connectivity index (χ1n) is 8.37. The van der Waals surface area contributed by atoms with Gasteiger partial charge in [0, 0.05) is 37.8 Å². The molecule has 1 aliphatic rings. The molecular formula is C17H28IN5O. The minimum absolute atomic E-state index is 0. The molecule has 1 atom stereocenters. The van der Waals surface area contributed by atoms with Gasteiger partial charge in [-0.15, -0.1) is 24.0 Å². The number of amides is 1. The smallest absolute Gasteiger partial charge is 0.222 e. The van der Waals surface area contributed by atoms with Crippen molar-refractivity contribution >= 4 is 35.8 Å². The summed E-state index contributed by atoms with van der Waals surface area (Å²) in [6, 6.07) is 6.22. The van der Waals surface area contributed by atoms with E-state index in [0.717, 1.165) is 43.4 Å². The fraction of sp³-hybridized carbons (Fsp3) is 0.588. The van der Waals surface area contributed by atoms with Crippen LogP contribution in [0.2, 0.25) is 0 Å². The maximum Gasteiger partial charge on any atom is 0.222 e. The van der Waals surface area contributed by atoms with Gasteiger partial charge < -0.3 is 15.5 Å². The summed E-state index contributed by atoms with van der Waals surface area (Å²) in [6.45, 7) is 8.85. The Morgan fingerprint density at radius 1 is 1.42 bits per heavy atom. The normalized spacial score (nSPS) is 17.4. The van der Waals surface area contributed by atoms with E-state index in [2.05, 4.69) is 20.6 Å². The van der Waals surface area contributed by atoms with Crippen molar-refractivity contribution in [2.24, 2.45) is 4.99 Å². The molecule has 2 rings (SSSR count). The summed E-state index contributed by atoms with van der Waals surface area (Å²) >= 11 is 0. The van der Waals surface area contributed by atoms with Crippen LogP contribution < -0.4 is 10.6 Å². The minimum atomic E-state index is 0. The van der Waals surface area contributed by atoms with E-state index < -0.39 is 0 Å². The number of nitrogens with one attached hydrogen (secondary N) is 2. The van der Waals surface area contributed by atoms with Crippen molar-refractivity contribution in [1.29, 1.82) is 0 Å². The lowest BCUT2D eigenvalue weighted by atomic mass is 10.3. The van der Waals surface area contributed by atoms with Crippen molar-refractivity contribution in [3.8, 4) is 0 Å². The first kappa shape index (κ1) is 20.7. The van der Waals surface area contributed by atoms with Crippen LogP contribution in [0.15, 0.2) is 23.2 Å². The van der Waals surface area contributed by atoms with Crippen molar-refractivity contribution in [3.05, 3.63) is 29.6 Å². The second kappa shape index (κ2) is 10.5. The average molecular weight is 445 g/mol. The highest BCUT2D eigenvalue weighted by Crippen LogP contribution is 2.10. The summed E-state index contributed by atoms with van der Waals surface area (Å²) in [5.74, 6) is 1.01. The number of aryl methyl sites for hydroxylation is 1. The van der Waals surface area contributed by atoms with Crippen LogP contribution in [0, 0.1) is 6.92 Å². The number of nitrogens with zero attached hydrogens (tertiary/aromatic N) is 3. The van der Waals surface area contributed by atoms with E-state index in [1.54, 1.807) is 0 Å². The zero-order valence-electron chi connectivity index (χ0n) is 14.7. The predicted octanol–water partition coefficient (Wildman–Crippen LogP) is 2.07. The maximum atomic E-state index is 11.8. The highest BCUT2D eigenvalue weighted by Gasteiger charge is 2.25. The first-order chi connectivity index (χ1) is 11.1. The Morgan fingerprint density at radius 2 is 2.21 bits per heavy atom. The third kappa shape index (κ3) is 6.26. The lowest BCUT2D eigenvalue weighted by Gasteiger charge is -2.18. The zero-order chi connectivity index (χ0) is 16.7. The van der Waals surface area contributed by atoms with Crippen LogP contribution in [0.4, 0.5) is 0 Å². The van der Waals surface area contributed by atoms with Gasteiger partial charge in [-0.25, -0.2) is 4.99 Å². The highest BCUT2D eigenvalue weighted by atomic mass is 127. The molecule has 1 aliphatic heterocycles. The Kier molecular flexibility index (Phi) is 9.02. The number of aliphatic imine (C=N–C) groups is 1. The minimum Gasteiger partial charge on any atom is -0.357 e. The molecule has 1 aromatic rings. The number of rotatable bonds is 5. The third-order valence-corrected chi connectivity index (χ3v) is 3.87. The molecule has 1 fully saturated rings. The van der Waals surface area contributed by atoms with Crippen LogP contribution in [0.25, 0.3) is 0 Å². The highest BCUT2D eigenvalue weighted by molar-refractivity contribution is 14.0.